The Morgan fingerprint density at radius 2 is 1.61 bits per heavy atom. The van der Waals surface area contributed by atoms with E-state index in [2.05, 4.69) is 59.0 Å². The van der Waals surface area contributed by atoms with Crippen LogP contribution in [0.2, 0.25) is 0 Å². The van der Waals surface area contributed by atoms with Gasteiger partial charge in [-0.15, -0.1) is 0 Å². The van der Waals surface area contributed by atoms with E-state index in [9.17, 15) is 13.7 Å². The number of benzene rings is 3. The van der Waals surface area contributed by atoms with Crippen molar-refractivity contribution in [2.24, 2.45) is 11.1 Å². The summed E-state index contributed by atoms with van der Waals surface area (Å²) in [5.74, 6) is 0.424. The molecule has 2 aliphatic rings. The molecule has 0 saturated carbocycles. The Kier molecular flexibility index (Phi) is 8.55. The predicted octanol–water partition coefficient (Wildman–Crippen LogP) is 4.47. The van der Waals surface area contributed by atoms with Gasteiger partial charge in [-0.2, -0.15) is 5.26 Å². The van der Waals surface area contributed by atoms with E-state index < -0.39 is 10.0 Å². The topological polar surface area (TPSA) is 106 Å². The zero-order chi connectivity index (χ0) is 29.1. The Balaban J connectivity index is 1.22. The minimum atomic E-state index is -3.77. The highest BCUT2D eigenvalue weighted by Crippen LogP contribution is 2.31. The van der Waals surface area contributed by atoms with Crippen molar-refractivity contribution in [1.29, 1.82) is 5.26 Å². The van der Waals surface area contributed by atoms with Crippen LogP contribution in [0.25, 0.3) is 0 Å². The molecule has 2 aliphatic heterocycles. The molecule has 0 unspecified atom stereocenters. The molecule has 0 spiro atoms. The quantitative estimate of drug-likeness (QED) is 0.430. The average Bonchev–Trinajstić information content (AvgIpc) is 2.96. The molecule has 0 amide bonds. The summed E-state index contributed by atoms with van der Waals surface area (Å²) in [7, 11) is -3.77. The van der Waals surface area contributed by atoms with Gasteiger partial charge in [0.1, 0.15) is 11.0 Å². The van der Waals surface area contributed by atoms with Gasteiger partial charge in [0.05, 0.1) is 16.9 Å². The minimum Gasteiger partial charge on any atom is -0.382 e. The molecule has 3 N–H and O–H groups in total. The molecule has 3 aromatic rings. The van der Waals surface area contributed by atoms with E-state index in [4.69, 9.17) is 5.14 Å². The number of anilines is 3. The summed E-state index contributed by atoms with van der Waals surface area (Å²) < 4.78 is 24.2. The van der Waals surface area contributed by atoms with Crippen LogP contribution < -0.4 is 20.3 Å². The normalized spacial score (nSPS) is 20.1. The van der Waals surface area contributed by atoms with Crippen molar-refractivity contribution in [3.63, 3.8) is 0 Å². The van der Waals surface area contributed by atoms with Gasteiger partial charge in [0.15, 0.2) is 0 Å². The Morgan fingerprint density at radius 1 is 0.927 bits per heavy atom. The Morgan fingerprint density at radius 3 is 2.29 bits per heavy atom. The summed E-state index contributed by atoms with van der Waals surface area (Å²) in [6, 6.07) is 22.1. The zero-order valence-electron chi connectivity index (χ0n) is 24.2. The van der Waals surface area contributed by atoms with E-state index in [0.717, 1.165) is 63.5 Å². The second kappa shape index (κ2) is 12.1. The number of aryl methyl sites for hydroxylation is 2. The number of hydrogen-bond donors (Lipinski definition) is 2. The summed E-state index contributed by atoms with van der Waals surface area (Å²) in [5.41, 5.74) is 7.48. The molecule has 9 heteroatoms. The van der Waals surface area contributed by atoms with E-state index in [1.165, 1.54) is 22.4 Å². The number of piperazine rings is 1. The summed E-state index contributed by atoms with van der Waals surface area (Å²) in [5, 5.41) is 18.9. The number of nitrogens with one attached hydrogen (secondary N) is 1. The lowest BCUT2D eigenvalue weighted by atomic mass is 9.92. The molecule has 8 nitrogen and oxygen atoms in total. The Bertz CT molecular complexity index is 1540. The molecule has 216 valence electrons. The molecule has 2 atom stereocenters. The van der Waals surface area contributed by atoms with Crippen LogP contribution in [-0.2, 0) is 16.6 Å². The molecule has 5 rings (SSSR count). The minimum absolute atomic E-state index is 0.188. The van der Waals surface area contributed by atoms with Gasteiger partial charge in [-0.25, -0.2) is 13.6 Å². The molecule has 2 heterocycles. The van der Waals surface area contributed by atoms with Gasteiger partial charge in [0, 0.05) is 57.5 Å². The maximum absolute atomic E-state index is 12.1. The van der Waals surface area contributed by atoms with Crippen molar-refractivity contribution in [3.05, 3.63) is 82.9 Å². The fraction of sp³-hybridized carbons (Fsp3) is 0.406. The van der Waals surface area contributed by atoms with Crippen LogP contribution in [0.4, 0.5) is 17.1 Å². The highest BCUT2D eigenvalue weighted by molar-refractivity contribution is 7.89. The Hall–Kier alpha value is -3.58. The zero-order valence-corrected chi connectivity index (χ0v) is 25.0. The predicted molar refractivity (Wildman–Crippen MR) is 166 cm³/mol. The maximum Gasteiger partial charge on any atom is 0.240 e. The maximum atomic E-state index is 12.1. The second-order valence-electron chi connectivity index (χ2n) is 11.5. The number of piperidine rings is 1. The van der Waals surface area contributed by atoms with Crippen molar-refractivity contribution >= 4 is 27.1 Å². The van der Waals surface area contributed by atoms with E-state index in [-0.39, 0.29) is 4.90 Å². The highest BCUT2D eigenvalue weighted by atomic mass is 32.2. The van der Waals surface area contributed by atoms with Gasteiger partial charge in [-0.3, -0.25) is 4.90 Å². The van der Waals surface area contributed by atoms with E-state index in [1.54, 1.807) is 12.1 Å². The van der Waals surface area contributed by atoms with Crippen molar-refractivity contribution in [2.75, 3.05) is 54.4 Å². The first-order chi connectivity index (χ1) is 19.6. The lowest BCUT2D eigenvalue weighted by Gasteiger charge is -2.39. The van der Waals surface area contributed by atoms with Crippen LogP contribution in [0.5, 0.6) is 0 Å². The van der Waals surface area contributed by atoms with E-state index >= 15 is 0 Å². The summed E-state index contributed by atoms with van der Waals surface area (Å²) in [6.45, 7) is 12.5. The average molecular weight is 573 g/mol. The van der Waals surface area contributed by atoms with Crippen molar-refractivity contribution in [1.82, 2.24) is 4.90 Å². The highest BCUT2D eigenvalue weighted by Gasteiger charge is 2.28. The first-order valence-electron chi connectivity index (χ1n) is 14.3. The third kappa shape index (κ3) is 6.51. The number of hydrogen-bond acceptors (Lipinski definition) is 7. The van der Waals surface area contributed by atoms with Gasteiger partial charge >= 0.3 is 0 Å². The third-order valence-corrected chi connectivity index (χ3v) is 9.53. The molecule has 0 bridgehead atoms. The summed E-state index contributed by atoms with van der Waals surface area (Å²) >= 11 is 0. The number of rotatable bonds is 7. The van der Waals surface area contributed by atoms with Crippen LogP contribution in [0.1, 0.15) is 35.6 Å². The smallest absolute Gasteiger partial charge is 0.240 e. The van der Waals surface area contributed by atoms with E-state index in [0.29, 0.717) is 17.6 Å². The van der Waals surface area contributed by atoms with Crippen molar-refractivity contribution < 1.29 is 8.42 Å². The first kappa shape index (κ1) is 28.9. The molecule has 0 radical (unpaired) electrons. The standard InChI is InChI=1S/C32H40N6O2S/c1-23-18-24(2)29(35-28-12-13-38(21-25(28)3)30-9-5-4-8-26(30)20-33)19-27(23)22-36-14-16-37(17-15-36)31-10-6-7-11-32(31)41(34,39)40/h4-11,18-19,25,28,35H,12-17,21-22H2,1-3H3,(H2,34,39,40)/t25-,28-/m1/s1. The fourth-order valence-corrected chi connectivity index (χ4v) is 6.95. The monoisotopic (exact) mass is 572 g/mol. The van der Waals surface area contributed by atoms with Gasteiger partial charge in [0.25, 0.3) is 0 Å². The molecule has 41 heavy (non-hydrogen) atoms. The molecule has 3 aromatic carbocycles. The molecule has 2 fully saturated rings. The van der Waals surface area contributed by atoms with Crippen LogP contribution >= 0.6 is 0 Å². The third-order valence-electron chi connectivity index (χ3n) is 8.57. The summed E-state index contributed by atoms with van der Waals surface area (Å²) in [6.07, 6.45) is 1.01. The molecule has 0 aromatic heterocycles. The van der Waals surface area contributed by atoms with Gasteiger partial charge < -0.3 is 15.1 Å². The number of primary sulfonamides is 1. The van der Waals surface area contributed by atoms with Gasteiger partial charge in [-0.1, -0.05) is 37.3 Å². The number of para-hydroxylation sites is 2. The largest absolute Gasteiger partial charge is 0.382 e. The fourth-order valence-electron chi connectivity index (χ4n) is 6.19. The molecule has 0 aliphatic carbocycles. The Labute approximate surface area is 244 Å². The van der Waals surface area contributed by atoms with Gasteiger partial charge in [-0.05, 0) is 73.2 Å². The molecular formula is C32H40N6O2S. The van der Waals surface area contributed by atoms with E-state index in [1.807, 2.05) is 36.4 Å². The lowest BCUT2D eigenvalue weighted by molar-refractivity contribution is 0.249. The van der Waals surface area contributed by atoms with Crippen LogP contribution in [-0.4, -0.2) is 58.6 Å². The number of nitriles is 1. The summed E-state index contributed by atoms with van der Waals surface area (Å²) in [4.78, 5) is 7.09. The molecule has 2 saturated heterocycles. The van der Waals surface area contributed by atoms with Gasteiger partial charge in [0.2, 0.25) is 10.0 Å². The number of sulfonamides is 1. The SMILES string of the molecule is Cc1cc(C)c(N[C@@H]2CCN(c3ccccc3C#N)C[C@H]2C)cc1CN1CCN(c2ccccc2S(N)(=O)=O)CC1. The van der Waals surface area contributed by atoms with Crippen molar-refractivity contribution in [2.45, 2.75) is 44.7 Å². The van der Waals surface area contributed by atoms with Crippen molar-refractivity contribution in [3.8, 4) is 6.07 Å². The van der Waals surface area contributed by atoms with Crippen LogP contribution in [0.3, 0.4) is 0 Å². The first-order valence-corrected chi connectivity index (χ1v) is 15.9. The second-order valence-corrected chi connectivity index (χ2v) is 13.0. The van der Waals surface area contributed by atoms with Crippen LogP contribution in [0.15, 0.2) is 65.6 Å². The number of nitrogens with zero attached hydrogens (tertiary/aromatic N) is 4. The van der Waals surface area contributed by atoms with Crippen LogP contribution in [0, 0.1) is 31.1 Å². The lowest BCUT2D eigenvalue weighted by Crippen LogP contribution is -2.46. The molecular weight excluding hydrogens is 532 g/mol. The number of nitrogens with two attached hydrogens (primary N) is 1.